The molecule has 0 radical (unpaired) electrons. The van der Waals surface area contributed by atoms with Crippen LogP contribution in [0.1, 0.15) is 19.8 Å². The smallest absolute Gasteiger partial charge is 0.184 e. The number of carbonyl (C=O) groups is 1. The predicted molar refractivity (Wildman–Crippen MR) is 70.0 cm³/mol. The highest BCUT2D eigenvalue weighted by Gasteiger charge is 2.18. The van der Waals surface area contributed by atoms with Crippen molar-refractivity contribution in [2.24, 2.45) is 0 Å². The van der Waals surface area contributed by atoms with Crippen LogP contribution in [0.15, 0.2) is 12.7 Å². The summed E-state index contributed by atoms with van der Waals surface area (Å²) in [4.78, 5) is 10.4. The molecule has 0 amide bonds. The number of hydrogen-bond donors (Lipinski definition) is 1. The van der Waals surface area contributed by atoms with E-state index in [0.717, 1.165) is 0 Å². The Balaban J connectivity index is 4.44. The summed E-state index contributed by atoms with van der Waals surface area (Å²) in [6, 6.07) is -0.00675. The number of nitrogens with one attached hydrogen (secondary N) is 1. The van der Waals surface area contributed by atoms with Crippen LogP contribution in [0.5, 0.6) is 0 Å². The topological polar surface area (TPSA) is 58.6 Å². The number of aliphatic carboxylic acids is 1. The summed E-state index contributed by atoms with van der Waals surface area (Å²) in [6.07, 6.45) is 2.22. The molecule has 0 heterocycles. The first kappa shape index (κ1) is 15.9. The van der Waals surface area contributed by atoms with Crippen molar-refractivity contribution in [2.45, 2.75) is 25.8 Å². The quantitative estimate of drug-likeness (QED) is 0.386. The summed E-state index contributed by atoms with van der Waals surface area (Å²) >= 11 is 5.24. The minimum absolute atomic E-state index is 0.00675. The van der Waals surface area contributed by atoms with Gasteiger partial charge in [0.25, 0.3) is 0 Å². The lowest BCUT2D eigenvalue weighted by molar-refractivity contribution is -0.306. The average molecular weight is 258 g/mol. The fraction of sp³-hybridized carbons (Fsp3) is 0.636. The molecule has 0 fully saturated rings. The van der Waals surface area contributed by atoms with Crippen molar-refractivity contribution in [3.63, 3.8) is 0 Å². The van der Waals surface area contributed by atoms with Crippen molar-refractivity contribution in [2.75, 3.05) is 20.6 Å². The molecule has 17 heavy (non-hydrogen) atoms. The van der Waals surface area contributed by atoms with Crippen LogP contribution in [0.3, 0.4) is 0 Å². The number of rotatable bonds is 7. The predicted octanol–water partition coefficient (Wildman–Crippen LogP) is -0.256. The Hall–Kier alpha value is -1.14. The maximum Gasteiger partial charge on any atom is 0.184 e. The van der Waals surface area contributed by atoms with Gasteiger partial charge in [-0.25, -0.2) is 5.01 Å². The summed E-state index contributed by atoms with van der Waals surface area (Å²) in [5.74, 6) is -1.04. The Kier molecular flexibility index (Phi) is 7.49. The van der Waals surface area contributed by atoms with E-state index in [1.165, 1.54) is 0 Å². The number of nitrogens with zero attached hydrogens (tertiary/aromatic N) is 2. The molecular formula is C11H20N3O2S-. The minimum atomic E-state index is -1.04. The number of thiocarbonyl (C=S) groups is 1. The van der Waals surface area contributed by atoms with Crippen LogP contribution in [0.2, 0.25) is 0 Å². The van der Waals surface area contributed by atoms with Gasteiger partial charge in [0.05, 0.1) is 0 Å². The molecule has 0 aromatic heterocycles. The molecular weight excluding hydrogens is 238 g/mol. The van der Waals surface area contributed by atoms with Gasteiger partial charge in [0.15, 0.2) is 5.11 Å². The van der Waals surface area contributed by atoms with E-state index in [2.05, 4.69) is 11.9 Å². The highest BCUT2D eigenvalue weighted by atomic mass is 32.1. The zero-order valence-electron chi connectivity index (χ0n) is 10.6. The van der Waals surface area contributed by atoms with Crippen LogP contribution in [0.25, 0.3) is 0 Å². The molecule has 0 aliphatic heterocycles. The molecule has 0 aliphatic carbocycles. The Labute approximate surface area is 108 Å². The second-order valence-electron chi connectivity index (χ2n) is 3.93. The van der Waals surface area contributed by atoms with Gasteiger partial charge in [0.1, 0.15) is 0 Å². The van der Waals surface area contributed by atoms with Gasteiger partial charge in [-0.2, -0.15) is 0 Å². The fourth-order valence-electron chi connectivity index (χ4n) is 1.47. The van der Waals surface area contributed by atoms with Crippen LogP contribution in [0, 0.1) is 0 Å². The van der Waals surface area contributed by atoms with Gasteiger partial charge in [-0.05, 0) is 32.0 Å². The lowest BCUT2D eigenvalue weighted by Crippen LogP contribution is -2.52. The number of hydrazine groups is 1. The van der Waals surface area contributed by atoms with E-state index in [9.17, 15) is 9.90 Å². The van der Waals surface area contributed by atoms with Crippen molar-refractivity contribution < 1.29 is 9.90 Å². The van der Waals surface area contributed by atoms with Crippen LogP contribution in [-0.2, 0) is 4.79 Å². The highest BCUT2D eigenvalue weighted by Crippen LogP contribution is 2.08. The Morgan fingerprint density at radius 2 is 2.18 bits per heavy atom. The first-order chi connectivity index (χ1) is 7.90. The summed E-state index contributed by atoms with van der Waals surface area (Å²) in [5.41, 5.74) is 0. The van der Waals surface area contributed by atoms with Gasteiger partial charge in [-0.1, -0.05) is 6.08 Å². The van der Waals surface area contributed by atoms with Gasteiger partial charge < -0.3 is 15.2 Å². The number of carboxylic acid groups (broad SMARTS) is 1. The zero-order chi connectivity index (χ0) is 13.4. The molecule has 0 rings (SSSR count). The second-order valence-corrected chi connectivity index (χ2v) is 4.31. The molecule has 6 heteroatoms. The van der Waals surface area contributed by atoms with E-state index in [0.29, 0.717) is 18.1 Å². The third kappa shape index (κ3) is 6.23. The molecule has 0 aliphatic rings. The molecule has 0 bridgehead atoms. The van der Waals surface area contributed by atoms with E-state index in [4.69, 9.17) is 12.2 Å². The largest absolute Gasteiger partial charge is 0.550 e. The van der Waals surface area contributed by atoms with Crippen molar-refractivity contribution in [3.8, 4) is 0 Å². The molecule has 98 valence electrons. The van der Waals surface area contributed by atoms with Gasteiger partial charge in [0.2, 0.25) is 0 Å². The van der Waals surface area contributed by atoms with Crippen LogP contribution >= 0.6 is 12.2 Å². The lowest BCUT2D eigenvalue weighted by Gasteiger charge is -2.36. The number of carbonyl (C=O) groups excluding carboxylic acids is 1. The highest BCUT2D eigenvalue weighted by molar-refractivity contribution is 7.80. The van der Waals surface area contributed by atoms with E-state index < -0.39 is 5.97 Å². The standard InChI is InChI=1S/C11H21N3O2S/c1-5-8-12-11(17)14(13(3)4)9(2)6-7-10(15)16/h5,9H,1,6-8H2,2-4H3,(H,12,17)(H,15,16)/p-1. The summed E-state index contributed by atoms with van der Waals surface area (Å²) < 4.78 is 0. The Morgan fingerprint density at radius 1 is 1.59 bits per heavy atom. The summed E-state index contributed by atoms with van der Waals surface area (Å²) in [5, 5.41) is 17.7. The Morgan fingerprint density at radius 3 is 2.59 bits per heavy atom. The first-order valence-electron chi connectivity index (χ1n) is 5.45. The van der Waals surface area contributed by atoms with Crippen molar-refractivity contribution in [1.29, 1.82) is 0 Å². The molecule has 1 atom stereocenters. The number of carboxylic acids is 1. The second kappa shape index (κ2) is 8.03. The van der Waals surface area contributed by atoms with E-state index in [1.807, 2.05) is 31.0 Å². The molecule has 1 unspecified atom stereocenters. The molecule has 0 aromatic carbocycles. The van der Waals surface area contributed by atoms with Crippen LogP contribution in [0.4, 0.5) is 0 Å². The fourth-order valence-corrected chi connectivity index (χ4v) is 1.89. The Bertz CT molecular complexity index is 282. The van der Waals surface area contributed by atoms with Crippen LogP contribution in [-0.4, -0.2) is 47.8 Å². The maximum absolute atomic E-state index is 10.4. The van der Waals surface area contributed by atoms with Gasteiger partial charge in [0, 0.05) is 32.7 Å². The van der Waals surface area contributed by atoms with Crippen molar-refractivity contribution >= 4 is 23.3 Å². The molecule has 0 spiro atoms. The van der Waals surface area contributed by atoms with Crippen molar-refractivity contribution in [3.05, 3.63) is 12.7 Å². The number of hydrogen-bond acceptors (Lipinski definition) is 4. The SMILES string of the molecule is C=CCNC(=S)N(C(C)CCC(=O)[O-])N(C)C. The molecule has 1 N–H and O–H groups in total. The third-order valence-corrected chi connectivity index (χ3v) is 2.55. The zero-order valence-corrected chi connectivity index (χ0v) is 11.4. The van der Waals surface area contributed by atoms with Gasteiger partial charge >= 0.3 is 0 Å². The molecule has 5 nitrogen and oxygen atoms in total. The maximum atomic E-state index is 10.4. The van der Waals surface area contributed by atoms with E-state index in [-0.39, 0.29) is 12.5 Å². The third-order valence-electron chi connectivity index (χ3n) is 2.22. The first-order valence-corrected chi connectivity index (χ1v) is 5.86. The average Bonchev–Trinajstić information content (AvgIpc) is 2.23. The molecule has 0 saturated carbocycles. The summed E-state index contributed by atoms with van der Waals surface area (Å²) in [6.45, 7) is 6.10. The van der Waals surface area contributed by atoms with E-state index in [1.54, 1.807) is 6.08 Å². The van der Waals surface area contributed by atoms with Gasteiger partial charge in [-0.15, -0.1) is 6.58 Å². The van der Waals surface area contributed by atoms with Crippen molar-refractivity contribution in [1.82, 2.24) is 15.3 Å². The van der Waals surface area contributed by atoms with Gasteiger partial charge in [-0.3, -0.25) is 5.01 Å². The normalized spacial score (nSPS) is 12.0. The van der Waals surface area contributed by atoms with E-state index >= 15 is 0 Å². The van der Waals surface area contributed by atoms with Crippen LogP contribution < -0.4 is 10.4 Å². The molecule has 0 saturated heterocycles. The monoisotopic (exact) mass is 258 g/mol. The molecule has 0 aromatic rings. The lowest BCUT2D eigenvalue weighted by atomic mass is 10.2. The minimum Gasteiger partial charge on any atom is -0.550 e. The summed E-state index contributed by atoms with van der Waals surface area (Å²) in [7, 11) is 3.72.